The number of nitrogens with two attached hydrogens (primary N) is 1. The Morgan fingerprint density at radius 1 is 1.35 bits per heavy atom. The SMILES string of the molecule is COc1ccc(C2C[C@@H](N)c3cc(Br)ccc3O2)cn1. The third kappa shape index (κ3) is 2.51. The molecule has 0 radical (unpaired) electrons. The van der Waals surface area contributed by atoms with E-state index < -0.39 is 0 Å². The highest BCUT2D eigenvalue weighted by Crippen LogP contribution is 2.40. The van der Waals surface area contributed by atoms with Gasteiger partial charge >= 0.3 is 0 Å². The molecule has 2 heterocycles. The summed E-state index contributed by atoms with van der Waals surface area (Å²) in [7, 11) is 1.60. The fourth-order valence-electron chi connectivity index (χ4n) is 2.38. The molecule has 20 heavy (non-hydrogen) atoms. The fraction of sp³-hybridized carbons (Fsp3) is 0.267. The lowest BCUT2D eigenvalue weighted by atomic mass is 9.94. The van der Waals surface area contributed by atoms with Gasteiger partial charge in [-0.3, -0.25) is 0 Å². The second kappa shape index (κ2) is 5.42. The minimum absolute atomic E-state index is 0.0386. The second-order valence-corrected chi connectivity index (χ2v) is 5.68. The molecule has 0 bridgehead atoms. The summed E-state index contributed by atoms with van der Waals surface area (Å²) in [4.78, 5) is 4.22. The molecule has 0 fully saturated rings. The van der Waals surface area contributed by atoms with Gasteiger partial charge in [0.25, 0.3) is 0 Å². The molecular formula is C15H15BrN2O2. The molecule has 2 atom stereocenters. The third-order valence-corrected chi connectivity index (χ3v) is 3.94. The van der Waals surface area contributed by atoms with Crippen LogP contribution in [0.2, 0.25) is 0 Å². The standard InChI is InChI=1S/C15H15BrN2O2/c1-19-15-5-2-9(8-18-15)14-7-12(17)11-6-10(16)3-4-13(11)20-14/h2-6,8,12,14H,7,17H2,1H3/t12-,14?/m1/s1. The van der Waals surface area contributed by atoms with Crippen LogP contribution in [0.1, 0.15) is 29.7 Å². The quantitative estimate of drug-likeness (QED) is 0.914. The van der Waals surface area contributed by atoms with Gasteiger partial charge in [-0.25, -0.2) is 4.98 Å². The highest BCUT2D eigenvalue weighted by atomic mass is 79.9. The molecule has 0 aliphatic carbocycles. The van der Waals surface area contributed by atoms with Crippen molar-refractivity contribution in [3.8, 4) is 11.6 Å². The number of fused-ring (bicyclic) bond motifs is 1. The molecule has 1 aliphatic heterocycles. The zero-order valence-corrected chi connectivity index (χ0v) is 12.6. The maximum Gasteiger partial charge on any atom is 0.212 e. The van der Waals surface area contributed by atoms with E-state index in [0.29, 0.717) is 5.88 Å². The maximum atomic E-state index is 6.25. The van der Waals surface area contributed by atoms with Crippen LogP contribution in [0.5, 0.6) is 11.6 Å². The first-order valence-corrected chi connectivity index (χ1v) is 7.18. The van der Waals surface area contributed by atoms with Crippen LogP contribution in [0.4, 0.5) is 0 Å². The number of hydrogen-bond donors (Lipinski definition) is 1. The van der Waals surface area contributed by atoms with E-state index in [0.717, 1.165) is 27.8 Å². The zero-order chi connectivity index (χ0) is 14.1. The summed E-state index contributed by atoms with van der Waals surface area (Å²) in [6.45, 7) is 0. The molecule has 1 aromatic heterocycles. The average Bonchev–Trinajstić information content (AvgIpc) is 2.48. The fourth-order valence-corrected chi connectivity index (χ4v) is 2.76. The molecule has 1 unspecified atom stereocenters. The van der Waals surface area contributed by atoms with Gasteiger partial charge in [0, 0.05) is 40.3 Å². The molecule has 0 spiro atoms. The summed E-state index contributed by atoms with van der Waals surface area (Å²) >= 11 is 3.46. The molecule has 5 heteroatoms. The van der Waals surface area contributed by atoms with E-state index in [2.05, 4.69) is 20.9 Å². The average molecular weight is 335 g/mol. The summed E-state index contributed by atoms with van der Waals surface area (Å²) in [5, 5.41) is 0. The Kier molecular flexibility index (Phi) is 3.63. The number of halogens is 1. The van der Waals surface area contributed by atoms with Gasteiger partial charge < -0.3 is 15.2 Å². The molecule has 1 aliphatic rings. The molecule has 0 saturated carbocycles. The summed E-state index contributed by atoms with van der Waals surface area (Å²) in [6.07, 6.45) is 2.44. The first-order valence-electron chi connectivity index (χ1n) is 6.39. The molecule has 4 nitrogen and oxygen atoms in total. The maximum absolute atomic E-state index is 6.25. The Morgan fingerprint density at radius 2 is 2.20 bits per heavy atom. The van der Waals surface area contributed by atoms with E-state index in [1.807, 2.05) is 30.3 Å². The lowest BCUT2D eigenvalue weighted by molar-refractivity contribution is 0.161. The van der Waals surface area contributed by atoms with Gasteiger partial charge in [0.15, 0.2) is 0 Å². The summed E-state index contributed by atoms with van der Waals surface area (Å²) in [5.74, 6) is 1.44. The number of rotatable bonds is 2. The largest absolute Gasteiger partial charge is 0.485 e. The number of hydrogen-bond acceptors (Lipinski definition) is 4. The van der Waals surface area contributed by atoms with E-state index in [-0.39, 0.29) is 12.1 Å². The molecule has 1 aromatic carbocycles. The van der Waals surface area contributed by atoms with Crippen molar-refractivity contribution in [3.05, 3.63) is 52.1 Å². The summed E-state index contributed by atoms with van der Waals surface area (Å²) in [5.41, 5.74) is 8.30. The van der Waals surface area contributed by atoms with Gasteiger partial charge in [0.2, 0.25) is 5.88 Å². The Hall–Kier alpha value is -1.59. The van der Waals surface area contributed by atoms with Crippen LogP contribution >= 0.6 is 15.9 Å². The van der Waals surface area contributed by atoms with E-state index in [1.54, 1.807) is 13.3 Å². The van der Waals surface area contributed by atoms with Crippen LogP contribution in [0.15, 0.2) is 41.0 Å². The van der Waals surface area contributed by atoms with Crippen molar-refractivity contribution in [2.45, 2.75) is 18.6 Å². The lowest BCUT2D eigenvalue weighted by Gasteiger charge is -2.30. The highest BCUT2D eigenvalue weighted by Gasteiger charge is 2.27. The van der Waals surface area contributed by atoms with Gasteiger partial charge in [-0.1, -0.05) is 15.9 Å². The van der Waals surface area contributed by atoms with Crippen molar-refractivity contribution in [1.29, 1.82) is 0 Å². The van der Waals surface area contributed by atoms with Crippen molar-refractivity contribution < 1.29 is 9.47 Å². The van der Waals surface area contributed by atoms with Crippen LogP contribution < -0.4 is 15.2 Å². The van der Waals surface area contributed by atoms with Gasteiger partial charge in [-0.2, -0.15) is 0 Å². The number of aromatic nitrogens is 1. The van der Waals surface area contributed by atoms with Gasteiger partial charge in [0.1, 0.15) is 11.9 Å². The molecule has 2 N–H and O–H groups in total. The number of methoxy groups -OCH3 is 1. The van der Waals surface area contributed by atoms with Crippen molar-refractivity contribution >= 4 is 15.9 Å². The van der Waals surface area contributed by atoms with Gasteiger partial charge in [-0.05, 0) is 24.3 Å². The van der Waals surface area contributed by atoms with E-state index in [9.17, 15) is 0 Å². The van der Waals surface area contributed by atoms with Crippen LogP contribution in [0.25, 0.3) is 0 Å². The van der Waals surface area contributed by atoms with Crippen molar-refractivity contribution in [3.63, 3.8) is 0 Å². The molecule has 104 valence electrons. The second-order valence-electron chi connectivity index (χ2n) is 4.76. The first kappa shape index (κ1) is 13.4. The molecule has 0 saturated heterocycles. The summed E-state index contributed by atoms with van der Waals surface area (Å²) in [6, 6.07) is 9.68. The minimum Gasteiger partial charge on any atom is -0.485 e. The van der Waals surface area contributed by atoms with E-state index in [4.69, 9.17) is 15.2 Å². The number of nitrogens with zero attached hydrogens (tertiary/aromatic N) is 1. The molecule has 3 rings (SSSR count). The van der Waals surface area contributed by atoms with E-state index in [1.165, 1.54) is 0 Å². The molecular weight excluding hydrogens is 320 g/mol. The highest BCUT2D eigenvalue weighted by molar-refractivity contribution is 9.10. The van der Waals surface area contributed by atoms with E-state index >= 15 is 0 Å². The topological polar surface area (TPSA) is 57.4 Å². The van der Waals surface area contributed by atoms with Crippen LogP contribution in [-0.4, -0.2) is 12.1 Å². The van der Waals surface area contributed by atoms with Crippen LogP contribution in [-0.2, 0) is 0 Å². The predicted molar refractivity (Wildman–Crippen MR) is 79.8 cm³/mol. The first-order chi connectivity index (χ1) is 9.67. The molecule has 2 aromatic rings. The van der Waals surface area contributed by atoms with Crippen molar-refractivity contribution in [2.75, 3.05) is 7.11 Å². The normalized spacial score (nSPS) is 20.9. The smallest absolute Gasteiger partial charge is 0.212 e. The Bertz CT molecular complexity index is 616. The summed E-state index contributed by atoms with van der Waals surface area (Å²) < 4.78 is 12.1. The number of ether oxygens (including phenoxy) is 2. The van der Waals surface area contributed by atoms with Crippen molar-refractivity contribution in [2.24, 2.45) is 5.73 Å². The Balaban J connectivity index is 1.88. The number of benzene rings is 1. The lowest BCUT2D eigenvalue weighted by Crippen LogP contribution is -2.24. The molecule has 0 amide bonds. The zero-order valence-electron chi connectivity index (χ0n) is 11.0. The third-order valence-electron chi connectivity index (χ3n) is 3.45. The van der Waals surface area contributed by atoms with Crippen LogP contribution in [0.3, 0.4) is 0 Å². The van der Waals surface area contributed by atoms with Crippen molar-refractivity contribution in [1.82, 2.24) is 4.98 Å². The Morgan fingerprint density at radius 3 is 2.90 bits per heavy atom. The number of pyridine rings is 1. The van der Waals surface area contributed by atoms with Gasteiger partial charge in [-0.15, -0.1) is 0 Å². The Labute approximate surface area is 126 Å². The van der Waals surface area contributed by atoms with Gasteiger partial charge in [0.05, 0.1) is 7.11 Å². The predicted octanol–water partition coefficient (Wildman–Crippen LogP) is 3.38. The minimum atomic E-state index is -0.0721. The monoisotopic (exact) mass is 334 g/mol. The van der Waals surface area contributed by atoms with Crippen LogP contribution in [0, 0.1) is 0 Å².